The van der Waals surface area contributed by atoms with Crippen molar-refractivity contribution in [2.45, 2.75) is 16.2 Å². The molecule has 0 aliphatic heterocycles. The van der Waals surface area contributed by atoms with Crippen molar-refractivity contribution >= 4 is 20.0 Å². The lowest BCUT2D eigenvalue weighted by Gasteiger charge is -2.13. The van der Waals surface area contributed by atoms with E-state index in [-0.39, 0.29) is 35.4 Å². The summed E-state index contributed by atoms with van der Waals surface area (Å²) in [6.07, 6.45) is 1.31. The Morgan fingerprint density at radius 3 is 2.11 bits per heavy atom. The third kappa shape index (κ3) is 5.59. The average Bonchev–Trinajstić information content (AvgIpc) is 2.60. The summed E-state index contributed by atoms with van der Waals surface area (Å²) in [5, 5.41) is 8.81. The molecule has 148 valence electrons. The molecule has 0 bridgehead atoms. The number of benzene rings is 2. The van der Waals surface area contributed by atoms with Crippen molar-refractivity contribution in [2.75, 3.05) is 26.6 Å². The van der Waals surface area contributed by atoms with Crippen LogP contribution in [0.25, 0.3) is 0 Å². The van der Waals surface area contributed by atoms with Gasteiger partial charge in [0.15, 0.2) is 9.84 Å². The Hall–Kier alpha value is -2.30. The van der Waals surface area contributed by atoms with E-state index in [9.17, 15) is 16.8 Å². The molecule has 0 saturated carbocycles. The maximum Gasteiger partial charge on any atom is 0.340 e. The fourth-order valence-corrected chi connectivity index (χ4v) is 4.70. The van der Waals surface area contributed by atoms with Crippen LogP contribution in [0.2, 0.25) is 0 Å². The third-order valence-corrected chi connectivity index (χ3v) is 5.98. The van der Waals surface area contributed by atoms with Gasteiger partial charge in [0.25, 0.3) is 0 Å². The van der Waals surface area contributed by atoms with Gasteiger partial charge in [-0.25, -0.2) is 8.42 Å². The molecule has 2 rings (SSSR count). The van der Waals surface area contributed by atoms with Crippen LogP contribution >= 0.6 is 0 Å². The summed E-state index contributed by atoms with van der Waals surface area (Å²) >= 11 is 0. The van der Waals surface area contributed by atoms with Crippen molar-refractivity contribution in [1.29, 1.82) is 0 Å². The van der Waals surface area contributed by atoms with Crippen LogP contribution in [0.4, 0.5) is 0 Å². The van der Waals surface area contributed by atoms with E-state index < -0.39 is 24.9 Å². The third-order valence-electron chi connectivity index (χ3n) is 3.38. The second-order valence-corrected chi connectivity index (χ2v) is 9.03. The lowest BCUT2D eigenvalue weighted by molar-refractivity contribution is 0.233. The first-order valence-electron chi connectivity index (χ1n) is 7.83. The van der Waals surface area contributed by atoms with Gasteiger partial charge in [-0.3, -0.25) is 0 Å². The van der Waals surface area contributed by atoms with Crippen molar-refractivity contribution in [3.63, 3.8) is 0 Å². The Morgan fingerprint density at radius 1 is 0.926 bits per heavy atom. The molecule has 0 aliphatic carbocycles. The smallest absolute Gasteiger partial charge is 0.340 e. The van der Waals surface area contributed by atoms with Crippen LogP contribution in [0.1, 0.15) is 6.42 Å². The molecule has 2 aromatic rings. The van der Waals surface area contributed by atoms with Gasteiger partial charge in [-0.2, -0.15) is 8.42 Å². The van der Waals surface area contributed by atoms with E-state index in [1.54, 1.807) is 0 Å². The highest BCUT2D eigenvalue weighted by Crippen LogP contribution is 2.31. The fraction of sp³-hybridized carbons (Fsp3) is 0.294. The van der Waals surface area contributed by atoms with Crippen molar-refractivity contribution in [1.82, 2.24) is 0 Å². The normalized spacial score (nSPS) is 11.8. The van der Waals surface area contributed by atoms with Gasteiger partial charge >= 0.3 is 10.1 Å². The topological polar surface area (TPSA) is 116 Å². The van der Waals surface area contributed by atoms with Crippen molar-refractivity contribution < 1.29 is 35.6 Å². The standard InChI is InChI=1S/C17H20O8S2/c1-23-13-10-14(24-9-5-8-18)12-15(11-13)25-27(21,22)17-7-4-3-6-16(17)26(2,19)20/h3-4,6-7,10-12,18H,5,8-9H2,1-2H3. The van der Waals surface area contributed by atoms with Crippen molar-refractivity contribution in [3.05, 3.63) is 42.5 Å². The highest BCUT2D eigenvalue weighted by molar-refractivity contribution is 7.92. The fourth-order valence-electron chi connectivity index (χ4n) is 2.18. The zero-order valence-corrected chi connectivity index (χ0v) is 16.4. The predicted octanol–water partition coefficient (Wildman–Crippen LogP) is 1.63. The molecule has 8 nitrogen and oxygen atoms in total. The Morgan fingerprint density at radius 2 is 1.52 bits per heavy atom. The molecule has 0 aliphatic rings. The number of aliphatic hydroxyl groups is 1. The first kappa shape index (κ1) is 21.0. The van der Waals surface area contributed by atoms with E-state index in [4.69, 9.17) is 18.8 Å². The average molecular weight is 416 g/mol. The summed E-state index contributed by atoms with van der Waals surface area (Å²) in [7, 11) is -6.81. The van der Waals surface area contributed by atoms with E-state index in [1.165, 1.54) is 43.5 Å². The molecule has 0 amide bonds. The predicted molar refractivity (Wildman–Crippen MR) is 97.6 cm³/mol. The quantitative estimate of drug-likeness (QED) is 0.484. The summed E-state index contributed by atoms with van der Waals surface area (Å²) in [6, 6.07) is 9.38. The SMILES string of the molecule is COc1cc(OCCCO)cc(OS(=O)(=O)c2ccccc2S(C)(=O)=O)c1. The summed E-state index contributed by atoms with van der Waals surface area (Å²) in [6.45, 7) is 0.163. The maximum absolute atomic E-state index is 12.6. The van der Waals surface area contributed by atoms with Crippen LogP contribution in [0.5, 0.6) is 17.2 Å². The van der Waals surface area contributed by atoms with Gasteiger partial charge in [-0.1, -0.05) is 12.1 Å². The van der Waals surface area contributed by atoms with E-state index >= 15 is 0 Å². The number of methoxy groups -OCH3 is 1. The molecule has 2 aromatic carbocycles. The minimum Gasteiger partial charge on any atom is -0.496 e. The van der Waals surface area contributed by atoms with E-state index in [0.717, 1.165) is 12.3 Å². The lowest BCUT2D eigenvalue weighted by atomic mass is 10.3. The molecule has 27 heavy (non-hydrogen) atoms. The van der Waals surface area contributed by atoms with E-state index in [0.29, 0.717) is 6.42 Å². The first-order chi connectivity index (χ1) is 12.7. The molecule has 0 saturated heterocycles. The number of rotatable bonds is 9. The number of aliphatic hydroxyl groups excluding tert-OH is 1. The van der Waals surface area contributed by atoms with Crippen LogP contribution in [-0.2, 0) is 20.0 Å². The molecule has 0 spiro atoms. The highest BCUT2D eigenvalue weighted by Gasteiger charge is 2.25. The summed E-state index contributed by atoms with van der Waals surface area (Å²) < 4.78 is 64.7. The minimum atomic E-state index is -4.42. The second-order valence-electron chi connectivity index (χ2n) is 5.53. The largest absolute Gasteiger partial charge is 0.496 e. The molecule has 10 heteroatoms. The molecule has 0 fully saturated rings. The van der Waals surface area contributed by atoms with E-state index in [1.807, 2.05) is 0 Å². The van der Waals surface area contributed by atoms with Gasteiger partial charge in [-0.05, 0) is 12.1 Å². The summed E-state index contributed by atoms with van der Waals surface area (Å²) in [5.74, 6) is 0.471. The van der Waals surface area contributed by atoms with Gasteiger partial charge in [0.05, 0.1) is 18.6 Å². The number of sulfone groups is 1. The van der Waals surface area contributed by atoms with Crippen LogP contribution in [0.3, 0.4) is 0 Å². The van der Waals surface area contributed by atoms with Gasteiger partial charge in [0.2, 0.25) is 0 Å². The summed E-state index contributed by atoms with van der Waals surface area (Å²) in [4.78, 5) is -0.814. The Balaban J connectivity index is 2.40. The molecule has 0 radical (unpaired) electrons. The van der Waals surface area contributed by atoms with Gasteiger partial charge in [-0.15, -0.1) is 0 Å². The molecular formula is C17H20O8S2. The highest BCUT2D eigenvalue weighted by atomic mass is 32.2. The maximum atomic E-state index is 12.6. The second kappa shape index (κ2) is 8.59. The molecule has 1 N–H and O–H groups in total. The summed E-state index contributed by atoms with van der Waals surface area (Å²) in [5.41, 5.74) is 0. The number of hydrogen-bond donors (Lipinski definition) is 1. The molecule has 0 unspecified atom stereocenters. The van der Waals surface area contributed by atoms with Crippen LogP contribution in [-0.4, -0.2) is 48.5 Å². The lowest BCUT2D eigenvalue weighted by Crippen LogP contribution is -2.14. The monoisotopic (exact) mass is 416 g/mol. The molecule has 0 aromatic heterocycles. The molecular weight excluding hydrogens is 396 g/mol. The Bertz CT molecular complexity index is 997. The van der Waals surface area contributed by atoms with E-state index in [2.05, 4.69) is 0 Å². The Labute approximate surface area is 158 Å². The zero-order chi connectivity index (χ0) is 20.1. The number of hydrogen-bond acceptors (Lipinski definition) is 8. The molecule has 0 heterocycles. The minimum absolute atomic E-state index is 0.0516. The molecule has 0 atom stereocenters. The number of ether oxygens (including phenoxy) is 2. The Kier molecular flexibility index (Phi) is 6.68. The van der Waals surface area contributed by atoms with Crippen molar-refractivity contribution in [2.24, 2.45) is 0 Å². The van der Waals surface area contributed by atoms with Gasteiger partial charge in [0, 0.05) is 37.5 Å². The van der Waals surface area contributed by atoms with Crippen molar-refractivity contribution in [3.8, 4) is 17.2 Å². The van der Waals surface area contributed by atoms with Crippen LogP contribution in [0.15, 0.2) is 52.3 Å². The first-order valence-corrected chi connectivity index (χ1v) is 11.1. The van der Waals surface area contributed by atoms with Gasteiger partial charge in [0.1, 0.15) is 22.1 Å². The zero-order valence-electron chi connectivity index (χ0n) is 14.8. The van der Waals surface area contributed by atoms with Gasteiger partial charge < -0.3 is 18.8 Å². The van der Waals surface area contributed by atoms with Crippen LogP contribution < -0.4 is 13.7 Å². The van der Waals surface area contributed by atoms with Crippen LogP contribution in [0, 0.1) is 0 Å².